The van der Waals surface area contributed by atoms with Gasteiger partial charge >= 0.3 is 0 Å². The van der Waals surface area contributed by atoms with E-state index in [1.807, 2.05) is 90.8 Å². The molecule has 2 amide bonds. The zero-order valence-electron chi connectivity index (χ0n) is 28.1. The van der Waals surface area contributed by atoms with E-state index in [2.05, 4.69) is 48.6 Å². The zero-order chi connectivity index (χ0) is 34.9. The predicted octanol–water partition coefficient (Wildman–Crippen LogP) is 4.53. The van der Waals surface area contributed by atoms with Gasteiger partial charge in [-0.2, -0.15) is 0 Å². The lowest BCUT2D eigenvalue weighted by Gasteiger charge is -2.39. The lowest BCUT2D eigenvalue weighted by Crippen LogP contribution is -2.55. The molecule has 0 unspecified atom stereocenters. The zero-order valence-corrected chi connectivity index (χ0v) is 29.7. The number of aliphatic hydroxyl groups excluding tert-OH is 1. The average molecular weight is 741 g/mol. The summed E-state index contributed by atoms with van der Waals surface area (Å²) in [5.74, 6) is -0.816. The van der Waals surface area contributed by atoms with Gasteiger partial charge in [0.15, 0.2) is 5.60 Å². The number of fused-ring (bicyclic) bond motifs is 1. The van der Waals surface area contributed by atoms with Gasteiger partial charge in [0.05, 0.1) is 24.6 Å². The van der Waals surface area contributed by atoms with Crippen molar-refractivity contribution in [3.63, 3.8) is 0 Å². The van der Waals surface area contributed by atoms with E-state index in [0.29, 0.717) is 37.3 Å². The van der Waals surface area contributed by atoms with Gasteiger partial charge in [0, 0.05) is 53.1 Å². The number of hydrogen-bond acceptors (Lipinski definition) is 8. The molecule has 0 bridgehead atoms. The summed E-state index contributed by atoms with van der Waals surface area (Å²) >= 11 is 3.54. The molecule has 2 atom stereocenters. The second-order valence-electron chi connectivity index (χ2n) is 13.4. The van der Waals surface area contributed by atoms with E-state index in [1.54, 1.807) is 9.58 Å². The number of halogens is 1. The topological polar surface area (TPSA) is 127 Å². The Balaban J connectivity index is 1.11. The summed E-state index contributed by atoms with van der Waals surface area (Å²) in [5, 5.41) is 32.9. The summed E-state index contributed by atoms with van der Waals surface area (Å²) in [6, 6.07) is 23.5. The number of carbonyl (C=O) groups excluding carboxylic acids is 2. The summed E-state index contributed by atoms with van der Waals surface area (Å²) in [7, 11) is 0. The van der Waals surface area contributed by atoms with E-state index in [4.69, 9.17) is 5.11 Å². The Morgan fingerprint density at radius 2 is 1.78 bits per heavy atom. The van der Waals surface area contributed by atoms with Crippen LogP contribution >= 0.6 is 15.9 Å². The van der Waals surface area contributed by atoms with Crippen molar-refractivity contribution in [3.8, 4) is 0 Å². The number of nitrogens with one attached hydrogen (secondary N) is 1. The third kappa shape index (κ3) is 6.14. The number of amides is 2. The van der Waals surface area contributed by atoms with E-state index < -0.39 is 17.1 Å². The van der Waals surface area contributed by atoms with Gasteiger partial charge in [0.1, 0.15) is 5.54 Å². The number of rotatable bonds is 11. The van der Waals surface area contributed by atoms with Crippen molar-refractivity contribution in [1.29, 1.82) is 0 Å². The SMILES string of the molecule is C[C@@H](/C=C/CCn1cc(CCO)nn1)[C@]1(O)C(=O)N(Cc2cccc(N3CN(c4ccccc4)C4(CCNCC4)C3=O)c2)c2ccc(Br)cc21. The van der Waals surface area contributed by atoms with Gasteiger partial charge in [-0.1, -0.05) is 70.6 Å². The lowest BCUT2D eigenvalue weighted by atomic mass is 9.83. The molecule has 0 saturated carbocycles. The van der Waals surface area contributed by atoms with Crippen LogP contribution in [0.4, 0.5) is 17.1 Å². The third-order valence-corrected chi connectivity index (χ3v) is 10.8. The van der Waals surface area contributed by atoms with Crippen LogP contribution < -0.4 is 20.0 Å². The van der Waals surface area contributed by atoms with Crippen molar-refractivity contribution in [2.24, 2.45) is 5.92 Å². The highest BCUT2D eigenvalue weighted by atomic mass is 79.9. The van der Waals surface area contributed by atoms with Crippen molar-refractivity contribution >= 4 is 44.8 Å². The molecule has 12 heteroatoms. The van der Waals surface area contributed by atoms with Crippen LogP contribution in [-0.2, 0) is 34.7 Å². The van der Waals surface area contributed by atoms with Gasteiger partial charge in [-0.3, -0.25) is 19.2 Å². The molecule has 3 N–H and O–H groups in total. The van der Waals surface area contributed by atoms with E-state index in [1.165, 1.54) is 0 Å². The Morgan fingerprint density at radius 3 is 2.56 bits per heavy atom. The van der Waals surface area contributed by atoms with Crippen molar-refractivity contribution in [3.05, 3.63) is 112 Å². The molecule has 50 heavy (non-hydrogen) atoms. The first kappa shape index (κ1) is 34.1. The molecule has 4 aromatic rings. The molecule has 3 aliphatic heterocycles. The van der Waals surface area contributed by atoms with Gasteiger partial charge in [0.25, 0.3) is 11.8 Å². The number of benzene rings is 3. The van der Waals surface area contributed by atoms with Crippen LogP contribution in [0.15, 0.2) is 95.6 Å². The Hall–Kier alpha value is -4.36. The number of piperidine rings is 1. The standard InChI is InChI=1S/C38H42BrN7O4/c1-27(8-5-6-20-43-25-30(15-21-47)41-42-43)38(50)33-23-29(39)13-14-34(33)44(36(38)49)24-28-9-7-12-32(22-28)45-26-46(31-10-3-2-4-11-31)37(35(45)48)16-18-40-19-17-37/h2-5,7-14,22-23,25,27,40,47,50H,6,15-21,24,26H2,1H3/b8-5+/t27-,38+/m0/s1. The van der Waals surface area contributed by atoms with E-state index in [-0.39, 0.29) is 25.0 Å². The first-order valence-corrected chi connectivity index (χ1v) is 18.0. The number of allylic oxidation sites excluding steroid dienone is 1. The maximum absolute atomic E-state index is 14.3. The molecule has 1 spiro atoms. The highest BCUT2D eigenvalue weighted by Crippen LogP contribution is 2.47. The average Bonchev–Trinajstić information content (AvgIpc) is 3.76. The van der Waals surface area contributed by atoms with Crippen LogP contribution in [0.2, 0.25) is 0 Å². The van der Waals surface area contributed by atoms with Crippen LogP contribution in [-0.4, -0.2) is 68.9 Å². The number of aliphatic hydroxyl groups is 2. The molecule has 3 aromatic carbocycles. The second kappa shape index (κ2) is 14.1. The highest BCUT2D eigenvalue weighted by Gasteiger charge is 2.54. The number of hydrogen-bond donors (Lipinski definition) is 3. The minimum absolute atomic E-state index is 0.0209. The molecule has 4 heterocycles. The number of para-hydroxylation sites is 1. The summed E-state index contributed by atoms with van der Waals surface area (Å²) in [6.45, 7) is 4.69. The maximum Gasteiger partial charge on any atom is 0.264 e. The Morgan fingerprint density at radius 1 is 1.00 bits per heavy atom. The maximum atomic E-state index is 14.3. The number of nitrogens with zero attached hydrogens (tertiary/aromatic N) is 6. The predicted molar refractivity (Wildman–Crippen MR) is 196 cm³/mol. The van der Waals surface area contributed by atoms with Crippen molar-refractivity contribution in [2.45, 2.75) is 56.8 Å². The summed E-state index contributed by atoms with van der Waals surface area (Å²) < 4.78 is 2.49. The Bertz CT molecular complexity index is 1890. The first-order chi connectivity index (χ1) is 24.2. The number of aryl methyl sites for hydroxylation is 1. The second-order valence-corrected chi connectivity index (χ2v) is 14.3. The van der Waals surface area contributed by atoms with Crippen molar-refractivity contribution < 1.29 is 19.8 Å². The molecule has 260 valence electrons. The van der Waals surface area contributed by atoms with Gasteiger partial charge < -0.3 is 25.3 Å². The molecule has 11 nitrogen and oxygen atoms in total. The molecule has 7 rings (SSSR count). The van der Waals surface area contributed by atoms with Gasteiger partial charge in [-0.15, -0.1) is 5.10 Å². The third-order valence-electron chi connectivity index (χ3n) is 10.3. The summed E-state index contributed by atoms with van der Waals surface area (Å²) in [5.41, 5.74) is 2.23. The monoisotopic (exact) mass is 739 g/mol. The number of aromatic nitrogens is 3. The van der Waals surface area contributed by atoms with Gasteiger partial charge in [-0.25, -0.2) is 0 Å². The van der Waals surface area contributed by atoms with Crippen LogP contribution in [0.5, 0.6) is 0 Å². The Labute approximate surface area is 300 Å². The molecular formula is C38H42BrN7O4. The minimum atomic E-state index is -1.77. The number of anilines is 3. The van der Waals surface area contributed by atoms with Gasteiger partial charge in [-0.05, 0) is 80.4 Å². The highest BCUT2D eigenvalue weighted by molar-refractivity contribution is 9.10. The minimum Gasteiger partial charge on any atom is -0.396 e. The fraction of sp³-hybridized carbons (Fsp3) is 0.368. The molecular weight excluding hydrogens is 698 g/mol. The van der Waals surface area contributed by atoms with Gasteiger partial charge in [0.2, 0.25) is 0 Å². The molecule has 0 radical (unpaired) electrons. The fourth-order valence-electron chi connectivity index (χ4n) is 7.57. The smallest absolute Gasteiger partial charge is 0.264 e. The molecule has 1 aromatic heterocycles. The molecule has 0 aliphatic carbocycles. The molecule has 3 aliphatic rings. The van der Waals surface area contributed by atoms with Crippen LogP contribution in [0.1, 0.15) is 43.0 Å². The normalized spacial score (nSPS) is 20.8. The fourth-order valence-corrected chi connectivity index (χ4v) is 7.93. The van der Waals surface area contributed by atoms with Crippen LogP contribution in [0.3, 0.4) is 0 Å². The van der Waals surface area contributed by atoms with Crippen molar-refractivity contribution in [2.75, 3.05) is 41.1 Å². The quantitative estimate of drug-likeness (QED) is 0.192. The summed E-state index contributed by atoms with van der Waals surface area (Å²) in [6.07, 6.45) is 8.19. The number of carbonyl (C=O) groups is 2. The first-order valence-electron chi connectivity index (χ1n) is 17.2. The molecule has 2 fully saturated rings. The lowest BCUT2D eigenvalue weighted by molar-refractivity contribution is -0.139. The van der Waals surface area contributed by atoms with Crippen LogP contribution in [0, 0.1) is 5.92 Å². The summed E-state index contributed by atoms with van der Waals surface area (Å²) in [4.78, 5) is 34.3. The Kier molecular flexibility index (Phi) is 9.62. The largest absolute Gasteiger partial charge is 0.396 e. The van der Waals surface area contributed by atoms with E-state index in [0.717, 1.165) is 53.0 Å². The van der Waals surface area contributed by atoms with E-state index >= 15 is 0 Å². The molecule has 2 saturated heterocycles. The van der Waals surface area contributed by atoms with Crippen LogP contribution in [0.25, 0.3) is 0 Å². The van der Waals surface area contributed by atoms with E-state index in [9.17, 15) is 14.7 Å². The van der Waals surface area contributed by atoms with Crippen molar-refractivity contribution in [1.82, 2.24) is 20.3 Å².